The Labute approximate surface area is 88.2 Å². The van der Waals surface area contributed by atoms with Crippen LogP contribution in [-0.2, 0) is 19.1 Å². The molecular weight excluding hydrogens is 198 g/mol. The van der Waals surface area contributed by atoms with Crippen molar-refractivity contribution in [1.82, 2.24) is 5.32 Å². The summed E-state index contributed by atoms with van der Waals surface area (Å²) in [5.41, 5.74) is -1.25. The van der Waals surface area contributed by atoms with Gasteiger partial charge < -0.3 is 10.1 Å². The molecule has 1 N–H and O–H groups in total. The van der Waals surface area contributed by atoms with Gasteiger partial charge in [-0.3, -0.25) is 14.4 Å². The molecule has 0 aromatic heterocycles. The number of rotatable bonds is 4. The zero-order valence-electron chi connectivity index (χ0n) is 9.12. The Morgan fingerprint density at radius 3 is 2.47 bits per heavy atom. The predicted octanol–water partition coefficient (Wildman–Crippen LogP) is 0.0333. The fraction of sp³-hybridized carbons (Fsp3) is 0.700. The molecule has 1 rings (SSSR count). The molecular formula is C10H15NO4. The number of ketones is 1. The second kappa shape index (κ2) is 4.00. The number of carbonyl (C=O) groups excluding carboxylic acids is 3. The van der Waals surface area contributed by atoms with Crippen molar-refractivity contribution in [1.29, 1.82) is 0 Å². The van der Waals surface area contributed by atoms with Gasteiger partial charge in [0.25, 0.3) is 0 Å². The van der Waals surface area contributed by atoms with Crippen LogP contribution >= 0.6 is 0 Å². The molecule has 0 spiro atoms. The molecule has 2 unspecified atom stereocenters. The number of carbonyl (C=O) groups is 3. The Kier molecular flexibility index (Phi) is 3.12. The van der Waals surface area contributed by atoms with Gasteiger partial charge in [-0.25, -0.2) is 0 Å². The zero-order chi connectivity index (χ0) is 11.6. The molecule has 0 radical (unpaired) electrons. The molecule has 0 bridgehead atoms. The highest BCUT2D eigenvalue weighted by Gasteiger charge is 2.52. The Bertz CT molecular complexity index is 305. The number of amides is 1. The average molecular weight is 213 g/mol. The van der Waals surface area contributed by atoms with Crippen LogP contribution in [0.5, 0.6) is 0 Å². The topological polar surface area (TPSA) is 72.5 Å². The maximum absolute atomic E-state index is 11.7. The minimum absolute atomic E-state index is 0.142. The van der Waals surface area contributed by atoms with Gasteiger partial charge in [0.1, 0.15) is 11.2 Å². The van der Waals surface area contributed by atoms with Crippen LogP contribution in [-0.4, -0.2) is 30.3 Å². The van der Waals surface area contributed by atoms with Crippen LogP contribution in [0.3, 0.4) is 0 Å². The molecule has 1 aliphatic heterocycles. The molecule has 84 valence electrons. The third-order valence-electron chi connectivity index (χ3n) is 2.85. The fourth-order valence-electron chi connectivity index (χ4n) is 1.52. The molecule has 2 atom stereocenters. The molecule has 5 heteroatoms. The summed E-state index contributed by atoms with van der Waals surface area (Å²) < 4.78 is 4.85. The van der Waals surface area contributed by atoms with Gasteiger partial charge in [-0.1, -0.05) is 0 Å². The first-order chi connectivity index (χ1) is 6.92. The number of Topliss-reactive ketones (excluding diaryl/α,β-unsaturated/α-hetero) is 1. The van der Waals surface area contributed by atoms with Gasteiger partial charge in [0.05, 0.1) is 12.6 Å². The van der Waals surface area contributed by atoms with Crippen molar-refractivity contribution in [3.8, 4) is 0 Å². The van der Waals surface area contributed by atoms with E-state index in [1.165, 1.54) is 13.8 Å². The standard InChI is InChI=1S/C10H15NO4/c1-4-15-9(14)10(3,6(2)12)7-5-8(13)11-7/h7H,4-5H2,1-3H3,(H,11,13). The van der Waals surface area contributed by atoms with E-state index in [1.54, 1.807) is 6.92 Å². The van der Waals surface area contributed by atoms with Crippen LogP contribution in [0.2, 0.25) is 0 Å². The van der Waals surface area contributed by atoms with Crippen molar-refractivity contribution < 1.29 is 19.1 Å². The van der Waals surface area contributed by atoms with Crippen LogP contribution in [0, 0.1) is 5.41 Å². The molecule has 1 amide bonds. The van der Waals surface area contributed by atoms with Gasteiger partial charge >= 0.3 is 5.97 Å². The number of esters is 1. The van der Waals surface area contributed by atoms with E-state index < -0.39 is 17.4 Å². The highest BCUT2D eigenvalue weighted by molar-refractivity contribution is 6.05. The van der Waals surface area contributed by atoms with Gasteiger partial charge in [-0.2, -0.15) is 0 Å². The summed E-state index contributed by atoms with van der Waals surface area (Å²) in [6.07, 6.45) is 0.203. The normalized spacial score (nSPS) is 23.4. The number of nitrogens with one attached hydrogen (secondary N) is 1. The predicted molar refractivity (Wildman–Crippen MR) is 52.0 cm³/mol. The minimum atomic E-state index is -1.25. The molecule has 15 heavy (non-hydrogen) atoms. The summed E-state index contributed by atoms with van der Waals surface area (Å²) in [6, 6.07) is -0.429. The van der Waals surface area contributed by atoms with Crippen LogP contribution < -0.4 is 5.32 Å². The molecule has 5 nitrogen and oxygen atoms in total. The molecule has 1 heterocycles. The molecule has 0 saturated carbocycles. The van der Waals surface area contributed by atoms with E-state index in [0.29, 0.717) is 0 Å². The number of β-lactam (4-membered cyclic amide) rings is 1. The second-order valence-corrected chi connectivity index (χ2v) is 3.80. The summed E-state index contributed by atoms with van der Waals surface area (Å²) in [5, 5.41) is 2.54. The Morgan fingerprint density at radius 2 is 2.13 bits per heavy atom. The van der Waals surface area contributed by atoms with Crippen molar-refractivity contribution in [2.24, 2.45) is 5.41 Å². The first-order valence-electron chi connectivity index (χ1n) is 4.90. The number of hydrogen-bond acceptors (Lipinski definition) is 4. The van der Waals surface area contributed by atoms with Crippen molar-refractivity contribution in [3.05, 3.63) is 0 Å². The summed E-state index contributed by atoms with van der Waals surface area (Å²) in [5.74, 6) is -0.995. The lowest BCUT2D eigenvalue weighted by atomic mass is 9.74. The summed E-state index contributed by atoms with van der Waals surface area (Å²) in [7, 11) is 0. The Balaban J connectivity index is 2.83. The van der Waals surface area contributed by atoms with Crippen molar-refractivity contribution >= 4 is 17.7 Å². The van der Waals surface area contributed by atoms with Gasteiger partial charge in [0.15, 0.2) is 0 Å². The van der Waals surface area contributed by atoms with Gasteiger partial charge in [-0.15, -0.1) is 0 Å². The van der Waals surface area contributed by atoms with E-state index in [4.69, 9.17) is 4.74 Å². The molecule has 1 fully saturated rings. The third-order valence-corrected chi connectivity index (χ3v) is 2.85. The third kappa shape index (κ3) is 1.86. The minimum Gasteiger partial charge on any atom is -0.465 e. The van der Waals surface area contributed by atoms with E-state index in [0.717, 1.165) is 0 Å². The SMILES string of the molecule is CCOC(=O)C(C)(C(C)=O)C1CC(=O)N1. The van der Waals surface area contributed by atoms with E-state index in [9.17, 15) is 14.4 Å². The summed E-state index contributed by atoms with van der Waals surface area (Å²) in [4.78, 5) is 33.9. The lowest BCUT2D eigenvalue weighted by molar-refractivity contribution is -0.163. The molecule has 0 aromatic carbocycles. The van der Waals surface area contributed by atoms with Crippen LogP contribution in [0.1, 0.15) is 27.2 Å². The highest BCUT2D eigenvalue weighted by Crippen LogP contribution is 2.31. The lowest BCUT2D eigenvalue weighted by Gasteiger charge is -2.39. The van der Waals surface area contributed by atoms with Crippen molar-refractivity contribution in [3.63, 3.8) is 0 Å². The van der Waals surface area contributed by atoms with Gasteiger partial charge in [0, 0.05) is 6.42 Å². The van der Waals surface area contributed by atoms with Crippen LogP contribution in [0.25, 0.3) is 0 Å². The second-order valence-electron chi connectivity index (χ2n) is 3.80. The first kappa shape index (κ1) is 11.7. The van der Waals surface area contributed by atoms with E-state index in [2.05, 4.69) is 5.32 Å². The highest BCUT2D eigenvalue weighted by atomic mass is 16.5. The largest absolute Gasteiger partial charge is 0.465 e. The Morgan fingerprint density at radius 1 is 1.60 bits per heavy atom. The maximum atomic E-state index is 11.7. The van der Waals surface area contributed by atoms with Crippen LogP contribution in [0.4, 0.5) is 0 Å². The summed E-state index contributed by atoms with van der Waals surface area (Å²) >= 11 is 0. The van der Waals surface area contributed by atoms with Crippen molar-refractivity contribution in [2.45, 2.75) is 33.2 Å². The molecule has 1 aliphatic rings. The quantitative estimate of drug-likeness (QED) is 0.406. The fourth-order valence-corrected chi connectivity index (χ4v) is 1.52. The van der Waals surface area contributed by atoms with E-state index in [1.807, 2.05) is 0 Å². The Hall–Kier alpha value is -1.39. The van der Waals surface area contributed by atoms with Gasteiger partial charge in [0.2, 0.25) is 5.91 Å². The molecule has 0 aliphatic carbocycles. The van der Waals surface area contributed by atoms with E-state index in [-0.39, 0.29) is 24.7 Å². The number of ether oxygens (including phenoxy) is 1. The number of hydrogen-bond donors (Lipinski definition) is 1. The summed E-state index contributed by atoms with van der Waals surface area (Å²) in [6.45, 7) is 4.75. The van der Waals surface area contributed by atoms with E-state index >= 15 is 0 Å². The molecule has 0 aromatic rings. The van der Waals surface area contributed by atoms with Crippen molar-refractivity contribution in [2.75, 3.05) is 6.61 Å². The molecule has 1 saturated heterocycles. The first-order valence-corrected chi connectivity index (χ1v) is 4.90. The smallest absolute Gasteiger partial charge is 0.321 e. The average Bonchev–Trinajstić information content (AvgIpc) is 2.11. The zero-order valence-corrected chi connectivity index (χ0v) is 9.12. The lowest BCUT2D eigenvalue weighted by Crippen LogP contribution is -2.62. The van der Waals surface area contributed by atoms with Crippen LogP contribution in [0.15, 0.2) is 0 Å². The monoisotopic (exact) mass is 213 g/mol. The maximum Gasteiger partial charge on any atom is 0.321 e. The van der Waals surface area contributed by atoms with Gasteiger partial charge in [-0.05, 0) is 20.8 Å².